The third-order valence-corrected chi connectivity index (χ3v) is 8.83. The number of nitro groups is 1. The van der Waals surface area contributed by atoms with Crippen LogP contribution in [0, 0.1) is 10.1 Å². The van der Waals surface area contributed by atoms with Crippen LogP contribution in [0.25, 0.3) is 6.08 Å². The van der Waals surface area contributed by atoms with E-state index in [0.717, 1.165) is 22.3 Å². The summed E-state index contributed by atoms with van der Waals surface area (Å²) >= 11 is 4.81. The number of halogens is 1. The van der Waals surface area contributed by atoms with Gasteiger partial charge in [0.2, 0.25) is 0 Å². The van der Waals surface area contributed by atoms with Gasteiger partial charge in [0.05, 0.1) is 37.8 Å². The number of allylic oxidation sites excluding steroid dienone is 1. The predicted molar refractivity (Wildman–Crippen MR) is 173 cm³/mol. The standard InChI is InChI=1S/C33H30BrN3O6S/c1-5-42-32(39)29-20(4)35-33-36(30(29)24-11-9-23(10-12-24)19(2)3)31(38)28(44-33)17-22-8-15-27(26(34)16-22)43-18-21-6-13-25(14-7-21)37(40)41/h6-17,19,30H,5,18H2,1-4H3/b28-17-/t30-/m1/s1. The number of nitrogens with zero attached hydrogens (tertiary/aromatic N) is 3. The first-order chi connectivity index (χ1) is 21.1. The number of fused-ring (bicyclic) bond motifs is 1. The summed E-state index contributed by atoms with van der Waals surface area (Å²) in [5.74, 6) is 0.432. The molecule has 0 amide bonds. The average Bonchev–Trinajstić information content (AvgIpc) is 3.30. The molecular formula is C33H30BrN3O6S. The Hall–Kier alpha value is -4.35. The highest BCUT2D eigenvalue weighted by Gasteiger charge is 2.33. The molecule has 0 N–H and O–H groups in total. The van der Waals surface area contributed by atoms with Crippen molar-refractivity contribution in [3.63, 3.8) is 0 Å². The second kappa shape index (κ2) is 13.1. The lowest BCUT2D eigenvalue weighted by atomic mass is 9.93. The van der Waals surface area contributed by atoms with Crippen LogP contribution in [0.5, 0.6) is 5.75 Å². The normalized spacial score (nSPS) is 14.8. The van der Waals surface area contributed by atoms with E-state index in [1.807, 2.05) is 36.4 Å². The molecular weight excluding hydrogens is 646 g/mol. The van der Waals surface area contributed by atoms with Crippen molar-refractivity contribution in [2.24, 2.45) is 4.99 Å². The molecule has 0 bridgehead atoms. The smallest absolute Gasteiger partial charge is 0.338 e. The van der Waals surface area contributed by atoms with E-state index in [1.54, 1.807) is 42.7 Å². The summed E-state index contributed by atoms with van der Waals surface area (Å²) in [7, 11) is 0. The van der Waals surface area contributed by atoms with Gasteiger partial charge in [0.25, 0.3) is 11.2 Å². The molecule has 0 radical (unpaired) electrons. The van der Waals surface area contributed by atoms with Gasteiger partial charge in [-0.3, -0.25) is 19.5 Å². The highest BCUT2D eigenvalue weighted by molar-refractivity contribution is 9.10. The molecule has 0 unspecified atom stereocenters. The molecule has 1 aliphatic rings. The number of non-ortho nitro benzene ring substituents is 1. The van der Waals surface area contributed by atoms with Crippen LogP contribution >= 0.6 is 27.3 Å². The number of rotatable bonds is 9. The maximum Gasteiger partial charge on any atom is 0.338 e. The van der Waals surface area contributed by atoms with Crippen molar-refractivity contribution in [1.29, 1.82) is 0 Å². The van der Waals surface area contributed by atoms with Gasteiger partial charge in [-0.15, -0.1) is 0 Å². The van der Waals surface area contributed by atoms with Crippen LogP contribution in [0.15, 0.2) is 92.3 Å². The molecule has 11 heteroatoms. The Morgan fingerprint density at radius 3 is 2.45 bits per heavy atom. The molecule has 5 rings (SSSR count). The molecule has 0 spiro atoms. The molecule has 0 fully saturated rings. The maximum absolute atomic E-state index is 13.9. The van der Waals surface area contributed by atoms with E-state index in [4.69, 9.17) is 9.47 Å². The third-order valence-electron chi connectivity index (χ3n) is 7.23. The number of ether oxygens (including phenoxy) is 2. The maximum atomic E-state index is 13.9. The lowest BCUT2D eigenvalue weighted by Gasteiger charge is -2.25. The van der Waals surface area contributed by atoms with Gasteiger partial charge in [0.15, 0.2) is 4.80 Å². The van der Waals surface area contributed by atoms with Gasteiger partial charge in [0, 0.05) is 12.1 Å². The van der Waals surface area contributed by atoms with Gasteiger partial charge in [-0.25, -0.2) is 9.79 Å². The molecule has 9 nitrogen and oxygen atoms in total. The van der Waals surface area contributed by atoms with Crippen LogP contribution in [0.1, 0.15) is 61.9 Å². The van der Waals surface area contributed by atoms with Gasteiger partial charge >= 0.3 is 5.97 Å². The first-order valence-electron chi connectivity index (χ1n) is 14.0. The van der Waals surface area contributed by atoms with Crippen LogP contribution in [-0.2, 0) is 16.1 Å². The Labute approximate surface area is 266 Å². The van der Waals surface area contributed by atoms with E-state index in [2.05, 4.69) is 34.8 Å². The van der Waals surface area contributed by atoms with Gasteiger partial charge < -0.3 is 9.47 Å². The summed E-state index contributed by atoms with van der Waals surface area (Å²) in [4.78, 5) is 42.7. The molecule has 0 saturated heterocycles. The lowest BCUT2D eigenvalue weighted by molar-refractivity contribution is -0.384. The number of benzene rings is 3. The largest absolute Gasteiger partial charge is 0.488 e. The highest BCUT2D eigenvalue weighted by Crippen LogP contribution is 2.32. The quantitative estimate of drug-likeness (QED) is 0.119. The zero-order chi connectivity index (χ0) is 31.5. The van der Waals surface area contributed by atoms with Gasteiger partial charge in [-0.2, -0.15) is 0 Å². The Kier molecular flexibility index (Phi) is 9.26. The molecule has 1 aromatic heterocycles. The Morgan fingerprint density at radius 2 is 1.84 bits per heavy atom. The van der Waals surface area contributed by atoms with E-state index in [9.17, 15) is 19.7 Å². The van der Waals surface area contributed by atoms with Crippen molar-refractivity contribution in [1.82, 2.24) is 4.57 Å². The summed E-state index contributed by atoms with van der Waals surface area (Å²) in [5.41, 5.74) is 4.15. The van der Waals surface area contributed by atoms with E-state index >= 15 is 0 Å². The fraction of sp³-hybridized carbons (Fsp3) is 0.242. The summed E-state index contributed by atoms with van der Waals surface area (Å²) in [6.07, 6.45) is 1.79. The van der Waals surface area contributed by atoms with E-state index in [-0.39, 0.29) is 24.5 Å². The number of hydrogen-bond donors (Lipinski definition) is 0. The first kappa shape index (κ1) is 31.1. The molecule has 1 atom stereocenters. The molecule has 226 valence electrons. The number of nitro benzene ring substituents is 1. The number of aromatic nitrogens is 1. The summed E-state index contributed by atoms with van der Waals surface area (Å²) < 4.78 is 14.0. The Balaban J connectivity index is 1.48. The van der Waals surface area contributed by atoms with Crippen molar-refractivity contribution < 1.29 is 19.2 Å². The minimum absolute atomic E-state index is 0.0206. The van der Waals surface area contributed by atoms with Crippen LogP contribution in [0.3, 0.4) is 0 Å². The summed E-state index contributed by atoms with van der Waals surface area (Å²) in [6, 6.07) is 19.0. The van der Waals surface area contributed by atoms with Gasteiger partial charge in [-0.05, 0) is 88.3 Å². The van der Waals surface area contributed by atoms with Crippen molar-refractivity contribution in [2.75, 3.05) is 6.61 Å². The highest BCUT2D eigenvalue weighted by atomic mass is 79.9. The van der Waals surface area contributed by atoms with Crippen LogP contribution in [-0.4, -0.2) is 22.1 Å². The van der Waals surface area contributed by atoms with E-state index in [0.29, 0.717) is 36.7 Å². The number of esters is 1. The molecule has 0 aliphatic carbocycles. The van der Waals surface area contributed by atoms with Crippen molar-refractivity contribution in [3.05, 3.63) is 135 Å². The van der Waals surface area contributed by atoms with Gasteiger partial charge in [0.1, 0.15) is 12.4 Å². The second-order valence-corrected chi connectivity index (χ2v) is 12.4. The minimum atomic E-state index is -0.671. The summed E-state index contributed by atoms with van der Waals surface area (Å²) in [5, 5.41) is 10.9. The fourth-order valence-electron chi connectivity index (χ4n) is 4.92. The number of carbonyl (C=O) groups excluding carboxylic acids is 1. The van der Waals surface area contributed by atoms with Crippen LogP contribution < -0.4 is 19.6 Å². The van der Waals surface area contributed by atoms with Crippen LogP contribution in [0.2, 0.25) is 0 Å². The minimum Gasteiger partial charge on any atom is -0.488 e. The van der Waals surface area contributed by atoms with Crippen molar-refractivity contribution in [2.45, 2.75) is 46.3 Å². The third kappa shape index (κ3) is 6.44. The number of thiazole rings is 1. The lowest BCUT2D eigenvalue weighted by Crippen LogP contribution is -2.39. The van der Waals surface area contributed by atoms with Crippen LogP contribution in [0.4, 0.5) is 5.69 Å². The fourth-order valence-corrected chi connectivity index (χ4v) is 6.48. The van der Waals surface area contributed by atoms with E-state index in [1.165, 1.54) is 23.5 Å². The number of hydrogen-bond acceptors (Lipinski definition) is 8. The molecule has 2 heterocycles. The Bertz CT molecular complexity index is 1940. The first-order valence-corrected chi connectivity index (χ1v) is 15.6. The molecule has 3 aromatic carbocycles. The Morgan fingerprint density at radius 1 is 1.14 bits per heavy atom. The monoisotopic (exact) mass is 675 g/mol. The molecule has 0 saturated carbocycles. The zero-order valence-electron chi connectivity index (χ0n) is 24.6. The van der Waals surface area contributed by atoms with Crippen molar-refractivity contribution >= 4 is 45.0 Å². The summed E-state index contributed by atoms with van der Waals surface area (Å²) in [6.45, 7) is 8.19. The zero-order valence-corrected chi connectivity index (χ0v) is 27.0. The van der Waals surface area contributed by atoms with Gasteiger partial charge in [-0.1, -0.05) is 55.5 Å². The van der Waals surface area contributed by atoms with E-state index < -0.39 is 16.9 Å². The number of carbonyl (C=O) groups is 1. The SMILES string of the molecule is CCOC(=O)C1=C(C)N=c2s/c(=C\c3ccc(OCc4ccc([N+](=O)[O-])cc4)c(Br)c3)c(=O)n2[C@@H]1c1ccc(C(C)C)cc1. The second-order valence-electron chi connectivity index (χ2n) is 10.5. The topological polar surface area (TPSA) is 113 Å². The average molecular weight is 677 g/mol. The molecule has 4 aromatic rings. The molecule has 44 heavy (non-hydrogen) atoms. The predicted octanol–water partition coefficient (Wildman–Crippen LogP) is 6.17. The molecule has 1 aliphatic heterocycles. The van der Waals surface area contributed by atoms with Crippen molar-refractivity contribution in [3.8, 4) is 5.75 Å².